The lowest BCUT2D eigenvalue weighted by molar-refractivity contribution is 0.594. The fourth-order valence-electron chi connectivity index (χ4n) is 1.03. The highest BCUT2D eigenvalue weighted by Crippen LogP contribution is 2.19. The Bertz CT molecular complexity index is 405. The topological polar surface area (TPSA) is 64.9 Å². The van der Waals surface area contributed by atoms with E-state index in [1.165, 1.54) is 0 Å². The van der Waals surface area contributed by atoms with Gasteiger partial charge in [0.25, 0.3) is 6.01 Å². The van der Waals surface area contributed by atoms with Crippen LogP contribution in [-0.2, 0) is 0 Å². The normalized spacial score (nSPS) is 10.2. The van der Waals surface area contributed by atoms with Gasteiger partial charge in [0.2, 0.25) is 0 Å². The van der Waals surface area contributed by atoms with E-state index >= 15 is 0 Å². The van der Waals surface area contributed by atoms with E-state index in [1.54, 1.807) is 12.4 Å². The van der Waals surface area contributed by atoms with Crippen LogP contribution >= 0.6 is 0 Å². The van der Waals surface area contributed by atoms with Crippen molar-refractivity contribution in [1.29, 1.82) is 0 Å². The van der Waals surface area contributed by atoms with Gasteiger partial charge in [-0.05, 0) is 19.1 Å². The lowest BCUT2D eigenvalue weighted by atomic mass is 10.2. The highest BCUT2D eigenvalue weighted by Gasteiger charge is 2.03. The Morgan fingerprint density at radius 2 is 2.08 bits per heavy atom. The molecule has 0 fully saturated rings. The quantitative estimate of drug-likeness (QED) is 0.715. The van der Waals surface area contributed by atoms with Gasteiger partial charge in [-0.25, -0.2) is 4.98 Å². The van der Waals surface area contributed by atoms with Crippen LogP contribution in [0.25, 0.3) is 11.3 Å². The minimum absolute atomic E-state index is 0.176. The molecule has 0 aromatic carbocycles. The molecule has 0 spiro atoms. The Labute approximate surface area is 75.4 Å². The Morgan fingerprint density at radius 3 is 2.62 bits per heavy atom. The summed E-state index contributed by atoms with van der Waals surface area (Å²) in [6, 6.07) is 4.01. The summed E-state index contributed by atoms with van der Waals surface area (Å²) in [6.45, 7) is 1.93. The lowest BCUT2D eigenvalue weighted by Gasteiger charge is -1.94. The van der Waals surface area contributed by atoms with Gasteiger partial charge in [-0.2, -0.15) is 0 Å². The number of nitrogen functional groups attached to an aromatic ring is 1. The molecule has 2 aromatic rings. The second kappa shape index (κ2) is 2.90. The Balaban J connectivity index is 2.41. The average molecular weight is 175 g/mol. The number of hydrogen-bond acceptors (Lipinski definition) is 4. The van der Waals surface area contributed by atoms with Crippen LogP contribution < -0.4 is 5.73 Å². The van der Waals surface area contributed by atoms with Crippen molar-refractivity contribution < 1.29 is 4.42 Å². The first-order valence-corrected chi connectivity index (χ1v) is 3.90. The number of rotatable bonds is 1. The second-order valence-corrected chi connectivity index (χ2v) is 2.75. The third-order valence-corrected chi connectivity index (χ3v) is 1.72. The van der Waals surface area contributed by atoms with Crippen molar-refractivity contribution in [3.63, 3.8) is 0 Å². The predicted octanol–water partition coefficient (Wildman–Crippen LogP) is 1.63. The van der Waals surface area contributed by atoms with Crippen molar-refractivity contribution >= 4 is 6.01 Å². The molecule has 2 heterocycles. The van der Waals surface area contributed by atoms with Gasteiger partial charge in [0, 0.05) is 17.5 Å². The Hall–Kier alpha value is -1.84. The SMILES string of the molecule is Cc1ccc(-c2cnc(N)o2)cn1. The van der Waals surface area contributed by atoms with E-state index < -0.39 is 0 Å². The highest BCUT2D eigenvalue weighted by molar-refractivity contribution is 5.55. The van der Waals surface area contributed by atoms with Crippen LogP contribution in [0, 0.1) is 6.92 Å². The van der Waals surface area contributed by atoms with Crippen molar-refractivity contribution in [1.82, 2.24) is 9.97 Å². The van der Waals surface area contributed by atoms with E-state index in [1.807, 2.05) is 19.1 Å². The summed E-state index contributed by atoms with van der Waals surface area (Å²) in [5.74, 6) is 0.644. The van der Waals surface area contributed by atoms with Gasteiger partial charge in [0.15, 0.2) is 5.76 Å². The minimum Gasteiger partial charge on any atom is -0.424 e. The van der Waals surface area contributed by atoms with Crippen LogP contribution in [0.3, 0.4) is 0 Å². The van der Waals surface area contributed by atoms with Gasteiger partial charge in [-0.3, -0.25) is 4.98 Å². The molecule has 0 unspecified atom stereocenters. The first-order chi connectivity index (χ1) is 6.25. The summed E-state index contributed by atoms with van der Waals surface area (Å²) in [5, 5.41) is 0. The van der Waals surface area contributed by atoms with E-state index in [-0.39, 0.29) is 6.01 Å². The zero-order valence-electron chi connectivity index (χ0n) is 7.19. The first kappa shape index (κ1) is 7.79. The summed E-state index contributed by atoms with van der Waals surface area (Å²) in [5.41, 5.74) is 7.20. The Morgan fingerprint density at radius 1 is 1.23 bits per heavy atom. The largest absolute Gasteiger partial charge is 0.424 e. The fourth-order valence-corrected chi connectivity index (χ4v) is 1.03. The second-order valence-electron chi connectivity index (χ2n) is 2.75. The number of aryl methyl sites for hydroxylation is 1. The number of anilines is 1. The van der Waals surface area contributed by atoms with Crippen molar-refractivity contribution in [2.45, 2.75) is 6.92 Å². The zero-order chi connectivity index (χ0) is 9.26. The van der Waals surface area contributed by atoms with Crippen molar-refractivity contribution in [2.75, 3.05) is 5.73 Å². The maximum absolute atomic E-state index is 5.35. The van der Waals surface area contributed by atoms with Gasteiger partial charge in [-0.1, -0.05) is 0 Å². The van der Waals surface area contributed by atoms with Crippen LogP contribution in [-0.4, -0.2) is 9.97 Å². The molecule has 0 saturated heterocycles. The first-order valence-electron chi connectivity index (χ1n) is 3.90. The standard InChI is InChI=1S/C9H9N3O/c1-6-2-3-7(4-11-6)8-5-12-9(10)13-8/h2-5H,1H3,(H2,10,12). The number of hydrogen-bond donors (Lipinski definition) is 1. The number of aromatic nitrogens is 2. The number of oxazole rings is 1. The summed E-state index contributed by atoms with van der Waals surface area (Å²) in [7, 11) is 0. The van der Waals surface area contributed by atoms with Crippen molar-refractivity contribution in [2.24, 2.45) is 0 Å². The molecule has 4 heteroatoms. The van der Waals surface area contributed by atoms with Gasteiger partial charge in [0.05, 0.1) is 6.20 Å². The molecule has 0 radical (unpaired) electrons. The number of nitrogens with two attached hydrogens (primary N) is 1. The highest BCUT2D eigenvalue weighted by atomic mass is 16.4. The molecule has 0 saturated carbocycles. The van der Waals surface area contributed by atoms with E-state index in [9.17, 15) is 0 Å². The molecule has 13 heavy (non-hydrogen) atoms. The average Bonchev–Trinajstić information content (AvgIpc) is 2.53. The van der Waals surface area contributed by atoms with Crippen LogP contribution in [0.2, 0.25) is 0 Å². The molecule has 0 aliphatic carbocycles. The lowest BCUT2D eigenvalue weighted by Crippen LogP contribution is -1.81. The molecule has 2 aromatic heterocycles. The molecule has 2 rings (SSSR count). The van der Waals surface area contributed by atoms with E-state index in [0.29, 0.717) is 5.76 Å². The van der Waals surface area contributed by atoms with Gasteiger partial charge < -0.3 is 10.2 Å². The van der Waals surface area contributed by atoms with Crippen LogP contribution in [0.15, 0.2) is 28.9 Å². The van der Waals surface area contributed by atoms with Crippen LogP contribution in [0.5, 0.6) is 0 Å². The van der Waals surface area contributed by atoms with Gasteiger partial charge >= 0.3 is 0 Å². The van der Waals surface area contributed by atoms with Crippen molar-refractivity contribution in [3.05, 3.63) is 30.2 Å². The summed E-state index contributed by atoms with van der Waals surface area (Å²) < 4.78 is 5.14. The molecular weight excluding hydrogens is 166 g/mol. The zero-order valence-corrected chi connectivity index (χ0v) is 7.19. The third kappa shape index (κ3) is 1.51. The number of nitrogens with zero attached hydrogens (tertiary/aromatic N) is 2. The Kier molecular flexibility index (Phi) is 1.73. The fraction of sp³-hybridized carbons (Fsp3) is 0.111. The van der Waals surface area contributed by atoms with Gasteiger partial charge in [-0.15, -0.1) is 0 Å². The van der Waals surface area contributed by atoms with E-state index in [0.717, 1.165) is 11.3 Å². The smallest absolute Gasteiger partial charge is 0.292 e. The molecule has 66 valence electrons. The summed E-state index contributed by atoms with van der Waals surface area (Å²) in [6.07, 6.45) is 3.32. The molecule has 0 amide bonds. The maximum Gasteiger partial charge on any atom is 0.292 e. The summed E-state index contributed by atoms with van der Waals surface area (Å²) >= 11 is 0. The molecule has 0 aliphatic heterocycles. The van der Waals surface area contributed by atoms with Crippen LogP contribution in [0.4, 0.5) is 6.01 Å². The molecule has 0 atom stereocenters. The molecule has 0 aliphatic rings. The molecule has 0 bridgehead atoms. The predicted molar refractivity (Wildman–Crippen MR) is 48.9 cm³/mol. The number of pyridine rings is 1. The summed E-state index contributed by atoms with van der Waals surface area (Å²) in [4.78, 5) is 7.93. The maximum atomic E-state index is 5.35. The third-order valence-electron chi connectivity index (χ3n) is 1.72. The van der Waals surface area contributed by atoms with E-state index in [2.05, 4.69) is 9.97 Å². The van der Waals surface area contributed by atoms with Crippen molar-refractivity contribution in [3.8, 4) is 11.3 Å². The molecule has 2 N–H and O–H groups in total. The van der Waals surface area contributed by atoms with E-state index in [4.69, 9.17) is 10.2 Å². The monoisotopic (exact) mass is 175 g/mol. The van der Waals surface area contributed by atoms with Gasteiger partial charge in [0.1, 0.15) is 0 Å². The molecule has 4 nitrogen and oxygen atoms in total. The van der Waals surface area contributed by atoms with Crippen LogP contribution in [0.1, 0.15) is 5.69 Å². The minimum atomic E-state index is 0.176. The molecular formula is C9H9N3O.